The average Bonchev–Trinajstić information content (AvgIpc) is 3.19. The van der Waals surface area contributed by atoms with Crippen molar-refractivity contribution in [1.29, 1.82) is 0 Å². The molecule has 1 atom stereocenters. The zero-order valence-electron chi connectivity index (χ0n) is 19.7. The van der Waals surface area contributed by atoms with Gasteiger partial charge in [0.25, 0.3) is 0 Å². The summed E-state index contributed by atoms with van der Waals surface area (Å²) in [7, 11) is 0. The van der Waals surface area contributed by atoms with Gasteiger partial charge in [-0.1, -0.05) is 12.7 Å². The number of rotatable bonds is 7. The zero-order valence-corrected chi connectivity index (χ0v) is 19.7. The van der Waals surface area contributed by atoms with Crippen LogP contribution in [0.4, 0.5) is 13.6 Å². The molecular formula is C26H28F2N4O2. The SMILES string of the molecule is C=C/C(=C(\N=C/C)[C@H](Cc1cc(F)cc(F)c1)NC(=O)OC(C)(C)C)c1cnc2[nH]ccc2c1. The van der Waals surface area contributed by atoms with E-state index in [1.54, 1.807) is 52.4 Å². The van der Waals surface area contributed by atoms with Gasteiger partial charge in [-0.2, -0.15) is 0 Å². The van der Waals surface area contributed by atoms with Crippen LogP contribution in [0, 0.1) is 11.6 Å². The van der Waals surface area contributed by atoms with Gasteiger partial charge in [-0.3, -0.25) is 4.99 Å². The van der Waals surface area contributed by atoms with E-state index in [1.165, 1.54) is 12.1 Å². The lowest BCUT2D eigenvalue weighted by molar-refractivity contribution is 0.0512. The van der Waals surface area contributed by atoms with Gasteiger partial charge in [0.2, 0.25) is 0 Å². The number of ether oxygens (including phenoxy) is 1. The van der Waals surface area contributed by atoms with Crippen molar-refractivity contribution < 1.29 is 18.3 Å². The Hall–Kier alpha value is -3.81. The summed E-state index contributed by atoms with van der Waals surface area (Å²) in [6, 6.07) is 6.28. The molecule has 0 aliphatic heterocycles. The molecule has 3 aromatic rings. The highest BCUT2D eigenvalue weighted by molar-refractivity contribution is 5.85. The molecule has 0 bridgehead atoms. The van der Waals surface area contributed by atoms with Crippen molar-refractivity contribution in [3.8, 4) is 0 Å². The van der Waals surface area contributed by atoms with Crippen molar-refractivity contribution in [2.45, 2.75) is 45.8 Å². The number of allylic oxidation sites excluding steroid dienone is 2. The van der Waals surface area contributed by atoms with E-state index in [1.807, 2.05) is 12.1 Å². The number of carbonyl (C=O) groups excluding carboxylic acids is 1. The van der Waals surface area contributed by atoms with Crippen molar-refractivity contribution in [3.05, 3.63) is 83.8 Å². The predicted octanol–water partition coefficient (Wildman–Crippen LogP) is 5.96. The molecule has 1 amide bonds. The van der Waals surface area contributed by atoms with E-state index in [4.69, 9.17) is 4.74 Å². The number of halogens is 2. The van der Waals surface area contributed by atoms with Crippen molar-refractivity contribution >= 4 is 28.9 Å². The Morgan fingerprint density at radius 3 is 2.59 bits per heavy atom. The maximum absolute atomic E-state index is 13.9. The lowest BCUT2D eigenvalue weighted by Crippen LogP contribution is -2.41. The fraction of sp³-hybridized carbons (Fsp3) is 0.269. The number of aromatic nitrogens is 2. The number of amides is 1. The maximum atomic E-state index is 13.9. The summed E-state index contributed by atoms with van der Waals surface area (Å²) in [6.45, 7) is 10.9. The second-order valence-corrected chi connectivity index (χ2v) is 8.71. The second kappa shape index (κ2) is 10.4. The van der Waals surface area contributed by atoms with Gasteiger partial charge < -0.3 is 15.0 Å². The van der Waals surface area contributed by atoms with Crippen LogP contribution in [0.1, 0.15) is 38.8 Å². The van der Waals surface area contributed by atoms with E-state index < -0.39 is 29.4 Å². The molecule has 34 heavy (non-hydrogen) atoms. The first kappa shape index (κ1) is 24.8. The molecule has 0 aliphatic carbocycles. The summed E-state index contributed by atoms with van der Waals surface area (Å²) in [5, 5.41) is 3.70. The summed E-state index contributed by atoms with van der Waals surface area (Å²) in [6.07, 6.45) is 6.05. The maximum Gasteiger partial charge on any atom is 0.408 e. The van der Waals surface area contributed by atoms with Crippen LogP contribution in [0.5, 0.6) is 0 Å². The van der Waals surface area contributed by atoms with E-state index in [0.717, 1.165) is 22.7 Å². The number of alkyl carbamates (subject to hydrolysis) is 1. The third-order valence-electron chi connectivity index (χ3n) is 4.84. The molecule has 0 spiro atoms. The van der Waals surface area contributed by atoms with Gasteiger partial charge in [-0.25, -0.2) is 18.6 Å². The molecular weight excluding hydrogens is 438 g/mol. The Morgan fingerprint density at radius 1 is 1.26 bits per heavy atom. The van der Waals surface area contributed by atoms with E-state index in [-0.39, 0.29) is 6.42 Å². The number of hydrogen-bond acceptors (Lipinski definition) is 4. The smallest absolute Gasteiger partial charge is 0.408 e. The van der Waals surface area contributed by atoms with Crippen LogP contribution in [0.15, 0.2) is 66.1 Å². The van der Waals surface area contributed by atoms with Gasteiger partial charge in [0.1, 0.15) is 22.9 Å². The Labute approximate surface area is 197 Å². The van der Waals surface area contributed by atoms with Crippen molar-refractivity contribution in [3.63, 3.8) is 0 Å². The minimum absolute atomic E-state index is 0.0672. The van der Waals surface area contributed by atoms with Crippen LogP contribution >= 0.6 is 0 Å². The van der Waals surface area contributed by atoms with Crippen molar-refractivity contribution in [2.75, 3.05) is 0 Å². The van der Waals surface area contributed by atoms with E-state index in [9.17, 15) is 13.6 Å². The van der Waals surface area contributed by atoms with Crippen LogP contribution < -0.4 is 5.32 Å². The highest BCUT2D eigenvalue weighted by atomic mass is 19.1. The molecule has 2 aromatic heterocycles. The number of fused-ring (bicyclic) bond motifs is 1. The number of carbonyl (C=O) groups is 1. The minimum atomic E-state index is -0.776. The zero-order chi connectivity index (χ0) is 24.9. The number of nitrogens with one attached hydrogen (secondary N) is 2. The van der Waals surface area contributed by atoms with Crippen molar-refractivity contribution in [2.24, 2.45) is 4.99 Å². The lowest BCUT2D eigenvalue weighted by atomic mass is 9.96. The van der Waals surface area contributed by atoms with Gasteiger partial charge in [0.05, 0.1) is 11.7 Å². The summed E-state index contributed by atoms with van der Waals surface area (Å²) in [4.78, 5) is 24.7. The van der Waals surface area contributed by atoms with Crippen LogP contribution in [0.3, 0.4) is 0 Å². The standard InChI is InChI=1S/C26H28F2N4O2/c1-6-21(18-13-17-8-9-30-24(17)31-15-18)23(29-7-2)22(32-25(33)34-26(3,4)5)12-16-10-19(27)14-20(28)11-16/h6-11,13-15,22H,1,12H2,2-5H3,(H,30,31)(H,32,33)/b23-21+,29-7-/t22-/m0/s1. The molecule has 0 unspecified atom stereocenters. The molecule has 178 valence electrons. The molecule has 0 fully saturated rings. The molecule has 8 heteroatoms. The van der Waals surface area contributed by atoms with E-state index in [0.29, 0.717) is 16.8 Å². The van der Waals surface area contributed by atoms with Gasteiger partial charge >= 0.3 is 6.09 Å². The third-order valence-corrected chi connectivity index (χ3v) is 4.84. The number of pyridine rings is 1. The highest BCUT2D eigenvalue weighted by Gasteiger charge is 2.25. The van der Waals surface area contributed by atoms with Gasteiger partial charge in [-0.15, -0.1) is 0 Å². The first-order chi connectivity index (χ1) is 16.1. The Kier molecular flexibility index (Phi) is 7.61. The molecule has 1 aromatic carbocycles. The molecule has 6 nitrogen and oxygen atoms in total. The average molecular weight is 467 g/mol. The van der Waals surface area contributed by atoms with Gasteiger partial charge in [-0.05, 0) is 63.9 Å². The number of aromatic amines is 1. The van der Waals surface area contributed by atoms with Gasteiger partial charge in [0, 0.05) is 41.2 Å². The fourth-order valence-electron chi connectivity index (χ4n) is 3.57. The molecule has 0 saturated heterocycles. The lowest BCUT2D eigenvalue weighted by Gasteiger charge is -2.25. The number of hydrogen-bond donors (Lipinski definition) is 2. The normalized spacial score (nSPS) is 13.6. The van der Waals surface area contributed by atoms with Crippen LogP contribution in [-0.2, 0) is 11.2 Å². The van der Waals surface area contributed by atoms with Crippen molar-refractivity contribution in [1.82, 2.24) is 15.3 Å². The summed E-state index contributed by atoms with van der Waals surface area (Å²) < 4.78 is 33.2. The summed E-state index contributed by atoms with van der Waals surface area (Å²) in [5.41, 5.74) is 2.14. The first-order valence-corrected chi connectivity index (χ1v) is 10.8. The number of aliphatic imine (C=N–C) groups is 1. The van der Waals surface area contributed by atoms with E-state index in [2.05, 4.69) is 26.9 Å². The topological polar surface area (TPSA) is 79.4 Å². The highest BCUT2D eigenvalue weighted by Crippen LogP contribution is 2.27. The van der Waals surface area contributed by atoms with Crippen LogP contribution in [-0.4, -0.2) is 33.9 Å². The fourth-order valence-corrected chi connectivity index (χ4v) is 3.57. The second-order valence-electron chi connectivity index (χ2n) is 8.71. The number of H-pyrrole nitrogens is 1. The molecule has 2 N–H and O–H groups in total. The predicted molar refractivity (Wildman–Crippen MR) is 131 cm³/mol. The summed E-state index contributed by atoms with van der Waals surface area (Å²) in [5.74, 6) is -1.41. The number of benzene rings is 1. The molecule has 0 saturated carbocycles. The number of nitrogens with zero attached hydrogens (tertiary/aromatic N) is 2. The van der Waals surface area contributed by atoms with Crippen LogP contribution in [0.25, 0.3) is 16.6 Å². The third kappa shape index (κ3) is 6.37. The summed E-state index contributed by atoms with van der Waals surface area (Å²) >= 11 is 0. The largest absolute Gasteiger partial charge is 0.444 e. The van der Waals surface area contributed by atoms with Gasteiger partial charge in [0.15, 0.2) is 0 Å². The Morgan fingerprint density at radius 2 is 1.97 bits per heavy atom. The molecule has 0 aliphatic rings. The molecule has 0 radical (unpaired) electrons. The molecule has 2 heterocycles. The first-order valence-electron chi connectivity index (χ1n) is 10.8. The molecule has 3 rings (SSSR count). The minimum Gasteiger partial charge on any atom is -0.444 e. The Balaban J connectivity index is 2.12. The Bertz CT molecular complexity index is 1230. The quantitative estimate of drug-likeness (QED) is 0.333. The van der Waals surface area contributed by atoms with Crippen LogP contribution in [0.2, 0.25) is 0 Å². The van der Waals surface area contributed by atoms with E-state index >= 15 is 0 Å². The monoisotopic (exact) mass is 466 g/mol.